The topological polar surface area (TPSA) is 12.0 Å². The van der Waals surface area contributed by atoms with Gasteiger partial charge < -0.3 is 5.32 Å². The van der Waals surface area contributed by atoms with Crippen molar-refractivity contribution in [1.29, 1.82) is 0 Å². The molecule has 0 saturated carbocycles. The molecule has 1 unspecified atom stereocenters. The lowest BCUT2D eigenvalue weighted by molar-refractivity contribution is 0.502. The zero-order valence-electron chi connectivity index (χ0n) is 10.9. The van der Waals surface area contributed by atoms with Crippen LogP contribution in [-0.2, 0) is 6.42 Å². The first-order valence-electron chi connectivity index (χ1n) is 6.43. The van der Waals surface area contributed by atoms with E-state index in [0.29, 0.717) is 6.42 Å². The second kappa shape index (κ2) is 6.43. The van der Waals surface area contributed by atoms with Crippen molar-refractivity contribution in [2.45, 2.75) is 19.4 Å². The molecule has 0 fully saturated rings. The zero-order chi connectivity index (χ0) is 13.7. The highest BCUT2D eigenvalue weighted by Crippen LogP contribution is 2.19. The van der Waals surface area contributed by atoms with Crippen molar-refractivity contribution in [1.82, 2.24) is 5.32 Å². The smallest absolute Gasteiger partial charge is 0.159 e. The lowest BCUT2D eigenvalue weighted by Gasteiger charge is -2.18. The normalized spacial score (nSPS) is 12.4. The van der Waals surface area contributed by atoms with Crippen LogP contribution in [-0.4, -0.2) is 6.54 Å². The Kier molecular flexibility index (Phi) is 4.63. The number of rotatable bonds is 5. The van der Waals surface area contributed by atoms with Crippen molar-refractivity contribution in [2.24, 2.45) is 0 Å². The van der Waals surface area contributed by atoms with E-state index < -0.39 is 11.6 Å². The molecule has 1 N–H and O–H groups in total. The van der Waals surface area contributed by atoms with Gasteiger partial charge in [-0.1, -0.05) is 43.3 Å². The average Bonchev–Trinajstić information content (AvgIpc) is 2.43. The molecule has 0 spiro atoms. The van der Waals surface area contributed by atoms with Crippen LogP contribution in [0, 0.1) is 11.6 Å². The number of nitrogens with one attached hydrogen (secondary N) is 1. The van der Waals surface area contributed by atoms with Crippen LogP contribution in [0.2, 0.25) is 0 Å². The molecule has 1 atom stereocenters. The minimum atomic E-state index is -0.802. The van der Waals surface area contributed by atoms with E-state index in [1.807, 2.05) is 37.3 Å². The standard InChI is InChI=1S/C16H17F2N/c1-2-19-16(13-6-4-3-5-7-13)11-12-8-9-14(17)15(18)10-12/h3-10,16,19H,2,11H2,1H3. The molecular weight excluding hydrogens is 244 g/mol. The van der Waals surface area contributed by atoms with Crippen molar-refractivity contribution in [3.63, 3.8) is 0 Å². The van der Waals surface area contributed by atoms with Gasteiger partial charge in [0.15, 0.2) is 11.6 Å². The van der Waals surface area contributed by atoms with Gasteiger partial charge in [-0.2, -0.15) is 0 Å². The summed E-state index contributed by atoms with van der Waals surface area (Å²) in [4.78, 5) is 0. The molecule has 0 aliphatic carbocycles. The monoisotopic (exact) mass is 261 g/mol. The van der Waals surface area contributed by atoms with E-state index in [1.54, 1.807) is 6.07 Å². The van der Waals surface area contributed by atoms with Gasteiger partial charge in [0.2, 0.25) is 0 Å². The Hall–Kier alpha value is -1.74. The summed E-state index contributed by atoms with van der Waals surface area (Å²) in [5.41, 5.74) is 1.93. The van der Waals surface area contributed by atoms with Crippen LogP contribution in [0.25, 0.3) is 0 Å². The van der Waals surface area contributed by atoms with Gasteiger partial charge in [-0.3, -0.25) is 0 Å². The molecule has 19 heavy (non-hydrogen) atoms. The van der Waals surface area contributed by atoms with E-state index in [2.05, 4.69) is 5.32 Å². The minimum absolute atomic E-state index is 0.107. The predicted molar refractivity (Wildman–Crippen MR) is 72.9 cm³/mol. The molecule has 0 radical (unpaired) electrons. The van der Waals surface area contributed by atoms with Crippen LogP contribution >= 0.6 is 0 Å². The molecule has 0 aromatic heterocycles. The van der Waals surface area contributed by atoms with Crippen molar-refractivity contribution < 1.29 is 8.78 Å². The summed E-state index contributed by atoms with van der Waals surface area (Å²) >= 11 is 0. The zero-order valence-corrected chi connectivity index (χ0v) is 10.9. The van der Waals surface area contributed by atoms with Crippen LogP contribution in [0.4, 0.5) is 8.78 Å². The Balaban J connectivity index is 2.19. The van der Waals surface area contributed by atoms with Crippen LogP contribution in [0.1, 0.15) is 24.1 Å². The summed E-state index contributed by atoms with van der Waals surface area (Å²) < 4.78 is 26.1. The third-order valence-corrected chi connectivity index (χ3v) is 3.08. The first-order chi connectivity index (χ1) is 9.20. The van der Waals surface area contributed by atoms with Gasteiger partial charge in [-0.05, 0) is 36.2 Å². The lowest BCUT2D eigenvalue weighted by atomic mass is 9.99. The molecule has 1 nitrogen and oxygen atoms in total. The quantitative estimate of drug-likeness (QED) is 0.861. The van der Waals surface area contributed by atoms with E-state index in [1.165, 1.54) is 12.1 Å². The highest BCUT2D eigenvalue weighted by Gasteiger charge is 2.12. The summed E-state index contributed by atoms with van der Waals surface area (Å²) in [6.07, 6.45) is 0.634. The van der Waals surface area contributed by atoms with E-state index in [4.69, 9.17) is 0 Å². The van der Waals surface area contributed by atoms with Crippen molar-refractivity contribution >= 4 is 0 Å². The number of likely N-dealkylation sites (N-methyl/N-ethyl adjacent to an activating group) is 1. The minimum Gasteiger partial charge on any atom is -0.310 e. The molecule has 100 valence electrons. The first kappa shape index (κ1) is 13.7. The summed E-state index contributed by atoms with van der Waals surface area (Å²) in [5.74, 6) is -1.59. The third-order valence-electron chi connectivity index (χ3n) is 3.08. The number of benzene rings is 2. The number of hydrogen-bond acceptors (Lipinski definition) is 1. The Morgan fingerprint density at radius 1 is 1.00 bits per heavy atom. The maximum atomic E-state index is 13.2. The van der Waals surface area contributed by atoms with Crippen molar-refractivity contribution in [3.05, 3.63) is 71.3 Å². The third kappa shape index (κ3) is 3.61. The summed E-state index contributed by atoms with van der Waals surface area (Å²) in [5, 5.41) is 3.37. The second-order valence-corrected chi connectivity index (χ2v) is 4.47. The summed E-state index contributed by atoms with van der Waals surface area (Å²) in [6, 6.07) is 14.2. The van der Waals surface area contributed by atoms with E-state index in [0.717, 1.165) is 17.7 Å². The van der Waals surface area contributed by atoms with Crippen LogP contribution in [0.5, 0.6) is 0 Å². The summed E-state index contributed by atoms with van der Waals surface area (Å²) in [7, 11) is 0. The molecule has 0 bridgehead atoms. The van der Waals surface area contributed by atoms with Gasteiger partial charge in [-0.15, -0.1) is 0 Å². The molecule has 2 aromatic carbocycles. The maximum Gasteiger partial charge on any atom is 0.159 e. The number of hydrogen-bond donors (Lipinski definition) is 1. The van der Waals surface area contributed by atoms with Crippen molar-refractivity contribution in [2.75, 3.05) is 6.54 Å². The molecule has 0 aliphatic rings. The van der Waals surface area contributed by atoms with Crippen LogP contribution in [0.3, 0.4) is 0 Å². The van der Waals surface area contributed by atoms with Gasteiger partial charge >= 0.3 is 0 Å². The highest BCUT2D eigenvalue weighted by molar-refractivity contribution is 5.24. The predicted octanol–water partition coefficient (Wildman–Crippen LogP) is 3.86. The lowest BCUT2D eigenvalue weighted by Crippen LogP contribution is -2.22. The van der Waals surface area contributed by atoms with E-state index in [-0.39, 0.29) is 6.04 Å². The molecule has 2 aromatic rings. The fourth-order valence-electron chi connectivity index (χ4n) is 2.14. The van der Waals surface area contributed by atoms with Gasteiger partial charge in [-0.25, -0.2) is 8.78 Å². The van der Waals surface area contributed by atoms with Gasteiger partial charge in [0.1, 0.15) is 0 Å². The van der Waals surface area contributed by atoms with Crippen LogP contribution < -0.4 is 5.32 Å². The van der Waals surface area contributed by atoms with Gasteiger partial charge in [0, 0.05) is 6.04 Å². The fourth-order valence-corrected chi connectivity index (χ4v) is 2.14. The van der Waals surface area contributed by atoms with Crippen molar-refractivity contribution in [3.8, 4) is 0 Å². The first-order valence-corrected chi connectivity index (χ1v) is 6.43. The second-order valence-electron chi connectivity index (χ2n) is 4.47. The van der Waals surface area contributed by atoms with Gasteiger partial charge in [0.05, 0.1) is 0 Å². The Morgan fingerprint density at radius 2 is 1.74 bits per heavy atom. The molecular formula is C16H17F2N. The molecule has 3 heteroatoms. The van der Waals surface area contributed by atoms with Crippen LogP contribution in [0.15, 0.2) is 48.5 Å². The SMILES string of the molecule is CCNC(Cc1ccc(F)c(F)c1)c1ccccc1. The van der Waals surface area contributed by atoms with E-state index >= 15 is 0 Å². The maximum absolute atomic E-state index is 13.2. The number of halogens is 2. The molecule has 0 amide bonds. The Bertz CT molecular complexity index is 526. The molecule has 0 aliphatic heterocycles. The summed E-state index contributed by atoms with van der Waals surface area (Å²) in [6.45, 7) is 2.85. The average molecular weight is 261 g/mol. The molecule has 2 rings (SSSR count). The highest BCUT2D eigenvalue weighted by atomic mass is 19.2. The molecule has 0 saturated heterocycles. The van der Waals surface area contributed by atoms with Gasteiger partial charge in [0.25, 0.3) is 0 Å². The Labute approximate surface area is 112 Å². The fraction of sp³-hybridized carbons (Fsp3) is 0.250. The Morgan fingerprint density at radius 3 is 2.37 bits per heavy atom. The largest absolute Gasteiger partial charge is 0.310 e. The van der Waals surface area contributed by atoms with E-state index in [9.17, 15) is 8.78 Å². The molecule has 0 heterocycles.